The van der Waals surface area contributed by atoms with E-state index in [0.717, 1.165) is 30.6 Å². The maximum absolute atomic E-state index is 11.9. The van der Waals surface area contributed by atoms with Gasteiger partial charge >= 0.3 is 0 Å². The highest BCUT2D eigenvalue weighted by Crippen LogP contribution is 2.64. The number of rotatable bonds is 0. The van der Waals surface area contributed by atoms with Crippen molar-refractivity contribution in [2.24, 2.45) is 28.6 Å². The molecule has 0 spiro atoms. The molecule has 0 radical (unpaired) electrons. The van der Waals surface area contributed by atoms with Crippen LogP contribution in [0.3, 0.4) is 0 Å². The smallest absolute Gasteiger partial charge is 0.156 e. The predicted molar refractivity (Wildman–Crippen MR) is 85.9 cm³/mol. The zero-order chi connectivity index (χ0) is 14.8. The molecule has 0 unspecified atom stereocenters. The molecule has 114 valence electrons. The molecular weight excluding hydrogens is 256 g/mol. The van der Waals surface area contributed by atoms with Crippen LogP contribution in [0, 0.1) is 28.6 Å². The van der Waals surface area contributed by atoms with Crippen LogP contribution in [0.4, 0.5) is 0 Å². The number of hydrogen-bond donors (Lipinski definition) is 0. The minimum Gasteiger partial charge on any atom is -0.295 e. The molecule has 21 heavy (non-hydrogen) atoms. The highest BCUT2D eigenvalue weighted by molar-refractivity contribution is 5.92. The van der Waals surface area contributed by atoms with Crippen molar-refractivity contribution < 1.29 is 4.79 Å². The largest absolute Gasteiger partial charge is 0.295 e. The van der Waals surface area contributed by atoms with Crippen molar-refractivity contribution in [1.29, 1.82) is 0 Å². The molecule has 0 saturated heterocycles. The van der Waals surface area contributed by atoms with Crippen LogP contribution in [0.5, 0.6) is 0 Å². The first-order chi connectivity index (χ1) is 9.94. The summed E-state index contributed by atoms with van der Waals surface area (Å²) in [6.45, 7) is 7.25. The topological polar surface area (TPSA) is 17.1 Å². The zero-order valence-electron chi connectivity index (χ0n) is 13.7. The molecule has 0 N–H and O–H groups in total. The van der Waals surface area contributed by atoms with Gasteiger partial charge < -0.3 is 0 Å². The average molecular weight is 284 g/mol. The second-order valence-corrected chi connectivity index (χ2v) is 8.67. The van der Waals surface area contributed by atoms with Gasteiger partial charge in [0.15, 0.2) is 5.78 Å². The van der Waals surface area contributed by atoms with E-state index in [4.69, 9.17) is 0 Å². The lowest BCUT2D eigenvalue weighted by molar-refractivity contribution is -0.116. The highest BCUT2D eigenvalue weighted by atomic mass is 16.1. The van der Waals surface area contributed by atoms with Gasteiger partial charge in [-0.15, -0.1) is 0 Å². The molecule has 4 rings (SSSR count). The fraction of sp³-hybridized carbons (Fsp3) is 0.750. The minimum absolute atomic E-state index is 0.265. The molecule has 0 aromatic heterocycles. The van der Waals surface area contributed by atoms with Crippen LogP contribution in [0.15, 0.2) is 23.3 Å². The fourth-order valence-electron chi connectivity index (χ4n) is 6.40. The molecule has 4 aliphatic carbocycles. The van der Waals surface area contributed by atoms with Gasteiger partial charge in [0.05, 0.1) is 0 Å². The van der Waals surface area contributed by atoms with Crippen molar-refractivity contribution in [3.05, 3.63) is 23.3 Å². The normalized spacial score (nSPS) is 48.9. The highest BCUT2D eigenvalue weighted by Gasteiger charge is 2.55. The second kappa shape index (κ2) is 4.33. The molecule has 0 bridgehead atoms. The van der Waals surface area contributed by atoms with E-state index in [-0.39, 0.29) is 5.41 Å². The standard InChI is InChI=1S/C20H28O/c1-13-11-15-16-5-4-8-19(16,2)9-7-17(15)20(3)10-6-14(21)12-18(13)20/h11-12,15-17H,4-10H2,1-3H3/t15-,16-,17-,19-,20+/m0/s1. The van der Waals surface area contributed by atoms with Crippen molar-refractivity contribution in [3.8, 4) is 0 Å². The van der Waals surface area contributed by atoms with E-state index in [1.807, 2.05) is 6.08 Å². The molecule has 0 heterocycles. The molecule has 2 fully saturated rings. The third-order valence-electron chi connectivity index (χ3n) is 7.61. The number of ketones is 1. The molecule has 4 aliphatic rings. The number of fused-ring (bicyclic) bond motifs is 5. The Kier molecular flexibility index (Phi) is 2.85. The summed E-state index contributed by atoms with van der Waals surface area (Å²) < 4.78 is 0. The van der Waals surface area contributed by atoms with Gasteiger partial charge in [0, 0.05) is 6.42 Å². The van der Waals surface area contributed by atoms with Gasteiger partial charge in [-0.05, 0) is 79.3 Å². The quantitative estimate of drug-likeness (QED) is 0.606. The van der Waals surface area contributed by atoms with E-state index in [2.05, 4.69) is 26.8 Å². The molecule has 0 amide bonds. The predicted octanol–water partition coefficient (Wildman–Crippen LogP) is 5.07. The Morgan fingerprint density at radius 2 is 1.90 bits per heavy atom. The van der Waals surface area contributed by atoms with E-state index < -0.39 is 0 Å². The number of carbonyl (C=O) groups excluding carboxylic acids is 1. The van der Waals surface area contributed by atoms with E-state index in [1.54, 1.807) is 0 Å². The first-order valence-corrected chi connectivity index (χ1v) is 8.88. The first-order valence-electron chi connectivity index (χ1n) is 8.88. The molecule has 1 nitrogen and oxygen atoms in total. The fourth-order valence-corrected chi connectivity index (χ4v) is 6.40. The van der Waals surface area contributed by atoms with Gasteiger partial charge in [0.25, 0.3) is 0 Å². The summed E-state index contributed by atoms with van der Waals surface area (Å²) in [5.41, 5.74) is 3.64. The van der Waals surface area contributed by atoms with Gasteiger partial charge in [-0.25, -0.2) is 0 Å². The van der Waals surface area contributed by atoms with Crippen molar-refractivity contribution in [3.63, 3.8) is 0 Å². The van der Waals surface area contributed by atoms with Gasteiger partial charge in [-0.1, -0.05) is 31.9 Å². The number of hydrogen-bond acceptors (Lipinski definition) is 1. The third kappa shape index (κ3) is 1.79. The molecule has 5 atom stereocenters. The van der Waals surface area contributed by atoms with Crippen LogP contribution in [0.2, 0.25) is 0 Å². The maximum atomic E-state index is 11.9. The summed E-state index contributed by atoms with van der Waals surface area (Å²) in [6, 6.07) is 0. The lowest BCUT2D eigenvalue weighted by Crippen LogP contribution is -2.48. The Morgan fingerprint density at radius 1 is 1.10 bits per heavy atom. The third-order valence-corrected chi connectivity index (χ3v) is 7.61. The minimum atomic E-state index is 0.265. The van der Waals surface area contributed by atoms with Crippen molar-refractivity contribution in [2.45, 2.75) is 65.7 Å². The van der Waals surface area contributed by atoms with Gasteiger partial charge in [0.2, 0.25) is 0 Å². The molecule has 2 saturated carbocycles. The van der Waals surface area contributed by atoms with Crippen LogP contribution in [-0.2, 0) is 4.79 Å². The van der Waals surface area contributed by atoms with Crippen LogP contribution >= 0.6 is 0 Å². The Labute approximate surface area is 128 Å². The lowest BCUT2D eigenvalue weighted by Gasteiger charge is -2.56. The van der Waals surface area contributed by atoms with Gasteiger partial charge in [-0.2, -0.15) is 0 Å². The van der Waals surface area contributed by atoms with Crippen molar-refractivity contribution >= 4 is 5.78 Å². The van der Waals surface area contributed by atoms with Crippen molar-refractivity contribution in [1.82, 2.24) is 0 Å². The van der Waals surface area contributed by atoms with Gasteiger partial charge in [0.1, 0.15) is 0 Å². The van der Waals surface area contributed by atoms with Crippen LogP contribution < -0.4 is 0 Å². The Bertz CT molecular complexity index is 554. The first kappa shape index (κ1) is 13.8. The summed E-state index contributed by atoms with van der Waals surface area (Å²) in [6.07, 6.45) is 13.4. The van der Waals surface area contributed by atoms with Gasteiger partial charge in [-0.3, -0.25) is 4.79 Å². The summed E-state index contributed by atoms with van der Waals surface area (Å²) in [5.74, 6) is 2.77. The van der Waals surface area contributed by atoms with Crippen molar-refractivity contribution in [2.75, 3.05) is 0 Å². The number of allylic oxidation sites excluding steroid dienone is 4. The summed E-state index contributed by atoms with van der Waals surface area (Å²) >= 11 is 0. The molecule has 0 aromatic carbocycles. The second-order valence-electron chi connectivity index (χ2n) is 8.67. The van der Waals surface area contributed by atoms with E-state index in [0.29, 0.717) is 11.2 Å². The molecule has 0 aromatic rings. The summed E-state index contributed by atoms with van der Waals surface area (Å²) in [4.78, 5) is 11.9. The van der Waals surface area contributed by atoms with Crippen LogP contribution in [0.1, 0.15) is 65.7 Å². The molecule has 0 aliphatic heterocycles. The zero-order valence-corrected chi connectivity index (χ0v) is 13.7. The molecule has 1 heteroatoms. The molecular formula is C20H28O. The lowest BCUT2D eigenvalue weighted by atomic mass is 9.48. The Morgan fingerprint density at radius 3 is 2.71 bits per heavy atom. The van der Waals surface area contributed by atoms with E-state index >= 15 is 0 Å². The van der Waals surface area contributed by atoms with Crippen LogP contribution in [-0.4, -0.2) is 5.78 Å². The van der Waals surface area contributed by atoms with E-state index in [9.17, 15) is 4.79 Å². The Hall–Kier alpha value is -0.850. The summed E-state index contributed by atoms with van der Waals surface area (Å²) in [5, 5.41) is 0. The monoisotopic (exact) mass is 284 g/mol. The maximum Gasteiger partial charge on any atom is 0.156 e. The number of carbonyl (C=O) groups is 1. The SMILES string of the molecule is CC1=C[C@H]2[C@@H]3CCC[C@@]3(C)CC[C@@H]2[C@@]2(C)CCC(=O)C=C12. The Balaban J connectivity index is 1.81. The summed E-state index contributed by atoms with van der Waals surface area (Å²) in [7, 11) is 0. The van der Waals surface area contributed by atoms with Crippen LogP contribution in [0.25, 0.3) is 0 Å². The average Bonchev–Trinajstić information content (AvgIpc) is 2.83. The van der Waals surface area contributed by atoms with E-state index in [1.165, 1.54) is 43.3 Å².